The van der Waals surface area contributed by atoms with Crippen LogP contribution in [0.25, 0.3) is 0 Å². The lowest BCUT2D eigenvalue weighted by atomic mass is 9.96. The normalized spacial score (nSPS) is 13.5. The summed E-state index contributed by atoms with van der Waals surface area (Å²) in [6, 6.07) is 0. The molecule has 0 amide bonds. The molecule has 1 aromatic rings. The van der Waals surface area contributed by atoms with Crippen LogP contribution in [-0.4, -0.2) is 33.5 Å². The lowest BCUT2D eigenvalue weighted by Gasteiger charge is -2.13. The van der Waals surface area contributed by atoms with Gasteiger partial charge in [0.05, 0.1) is 7.11 Å². The number of methoxy groups -OCH3 is 1. The number of aromatic nitrogens is 3. The molecule has 0 saturated carbocycles. The van der Waals surface area contributed by atoms with Crippen LogP contribution in [0.5, 0.6) is 0 Å². The summed E-state index contributed by atoms with van der Waals surface area (Å²) in [6.07, 6.45) is 0.691. The van der Waals surface area contributed by atoms with E-state index in [-0.39, 0.29) is 16.6 Å². The van der Waals surface area contributed by atoms with Crippen LogP contribution in [0.1, 0.15) is 39.9 Å². The molecule has 0 spiro atoms. The molecule has 0 aliphatic rings. The number of carbonyl (C=O) groups excluding carboxylic acids is 1. The van der Waals surface area contributed by atoms with Gasteiger partial charge in [-0.15, -0.1) is 5.10 Å². The van der Waals surface area contributed by atoms with Crippen molar-refractivity contribution < 1.29 is 9.53 Å². The Morgan fingerprint density at radius 2 is 2.18 bits per heavy atom. The first-order valence-corrected chi connectivity index (χ1v) is 6.43. The largest absolute Gasteiger partial charge is 0.468 e. The van der Waals surface area contributed by atoms with Gasteiger partial charge in [0.15, 0.2) is 0 Å². The van der Waals surface area contributed by atoms with Crippen molar-refractivity contribution in [3.8, 4) is 0 Å². The molecule has 1 rings (SSSR count). The van der Waals surface area contributed by atoms with E-state index in [4.69, 9.17) is 4.74 Å². The molecular weight excluding hydrogens is 238 g/mol. The van der Waals surface area contributed by atoms with E-state index in [9.17, 15) is 4.79 Å². The maximum Gasteiger partial charge on any atom is 0.319 e. The Morgan fingerprint density at radius 1 is 1.53 bits per heavy atom. The van der Waals surface area contributed by atoms with E-state index in [2.05, 4.69) is 36.0 Å². The highest BCUT2D eigenvalue weighted by molar-refractivity contribution is 8.00. The summed E-state index contributed by atoms with van der Waals surface area (Å²) in [4.78, 5) is 15.8. The fourth-order valence-electron chi connectivity index (χ4n) is 1.19. The maximum atomic E-state index is 11.4. The second kappa shape index (κ2) is 5.53. The van der Waals surface area contributed by atoms with Gasteiger partial charge in [0, 0.05) is 5.41 Å². The van der Waals surface area contributed by atoms with Crippen molar-refractivity contribution in [3.63, 3.8) is 0 Å². The molecule has 0 bridgehead atoms. The average Bonchev–Trinajstić information content (AvgIpc) is 2.73. The molecule has 0 aliphatic carbocycles. The highest BCUT2D eigenvalue weighted by Crippen LogP contribution is 2.25. The van der Waals surface area contributed by atoms with Crippen LogP contribution in [0.2, 0.25) is 0 Å². The van der Waals surface area contributed by atoms with Crippen LogP contribution in [-0.2, 0) is 14.9 Å². The smallest absolute Gasteiger partial charge is 0.319 e. The lowest BCUT2D eigenvalue weighted by Crippen LogP contribution is -2.18. The third kappa shape index (κ3) is 3.73. The van der Waals surface area contributed by atoms with Crippen LogP contribution < -0.4 is 0 Å². The van der Waals surface area contributed by atoms with Crippen LogP contribution in [0.15, 0.2) is 5.16 Å². The number of thioether (sulfide) groups is 1. The van der Waals surface area contributed by atoms with Crippen LogP contribution in [0.3, 0.4) is 0 Å². The van der Waals surface area contributed by atoms with E-state index < -0.39 is 0 Å². The molecule has 1 N–H and O–H groups in total. The Labute approximate surface area is 106 Å². The number of aromatic amines is 1. The molecule has 96 valence electrons. The van der Waals surface area contributed by atoms with E-state index >= 15 is 0 Å². The molecule has 17 heavy (non-hydrogen) atoms. The molecule has 1 heterocycles. The summed E-state index contributed by atoms with van der Waals surface area (Å²) in [5, 5.41) is 7.35. The van der Waals surface area contributed by atoms with Gasteiger partial charge in [-0.1, -0.05) is 39.5 Å². The predicted molar refractivity (Wildman–Crippen MR) is 67.0 cm³/mol. The number of carbonyl (C=O) groups is 1. The average molecular weight is 257 g/mol. The van der Waals surface area contributed by atoms with Crippen LogP contribution in [0, 0.1) is 0 Å². The number of H-pyrrole nitrogens is 1. The van der Waals surface area contributed by atoms with Gasteiger partial charge in [-0.2, -0.15) is 0 Å². The standard InChI is InChI=1S/C11H19N3O2S/c1-6-7(8(15)16-5)17-10-12-9(13-14-10)11(2,3)4/h7H,6H2,1-5H3,(H,12,13,14)/t7-/m0/s1. The highest BCUT2D eigenvalue weighted by atomic mass is 32.2. The molecule has 0 saturated heterocycles. The van der Waals surface area contributed by atoms with Crippen molar-refractivity contribution in [2.45, 2.75) is 49.9 Å². The first-order valence-electron chi connectivity index (χ1n) is 5.55. The molecule has 0 aliphatic heterocycles. The van der Waals surface area contributed by atoms with Crippen molar-refractivity contribution >= 4 is 17.7 Å². The van der Waals surface area contributed by atoms with Gasteiger partial charge in [-0.25, -0.2) is 4.98 Å². The predicted octanol–water partition coefficient (Wildman–Crippen LogP) is 2.15. The number of esters is 1. The number of nitrogens with zero attached hydrogens (tertiary/aromatic N) is 2. The van der Waals surface area contributed by atoms with Crippen molar-refractivity contribution in [2.24, 2.45) is 0 Å². The number of rotatable bonds is 4. The fraction of sp³-hybridized carbons (Fsp3) is 0.727. The summed E-state index contributed by atoms with van der Waals surface area (Å²) in [6.45, 7) is 8.10. The summed E-state index contributed by atoms with van der Waals surface area (Å²) < 4.78 is 4.72. The second-order valence-electron chi connectivity index (χ2n) is 4.75. The van der Waals surface area contributed by atoms with Crippen molar-refractivity contribution in [3.05, 3.63) is 5.82 Å². The minimum atomic E-state index is -0.247. The molecule has 0 aromatic carbocycles. The Bertz CT molecular complexity index is 384. The number of ether oxygens (including phenoxy) is 1. The number of hydrogen-bond acceptors (Lipinski definition) is 5. The Morgan fingerprint density at radius 3 is 2.59 bits per heavy atom. The summed E-state index contributed by atoms with van der Waals surface area (Å²) in [5.41, 5.74) is -0.0706. The summed E-state index contributed by atoms with van der Waals surface area (Å²) in [5.74, 6) is 0.583. The fourth-order valence-corrected chi connectivity index (χ4v) is 2.05. The molecule has 5 nitrogen and oxygen atoms in total. The zero-order chi connectivity index (χ0) is 13.1. The Kier molecular flexibility index (Phi) is 4.56. The minimum absolute atomic E-state index is 0.0706. The lowest BCUT2D eigenvalue weighted by molar-refractivity contribution is -0.140. The van der Waals surface area contributed by atoms with Crippen molar-refractivity contribution in [2.75, 3.05) is 7.11 Å². The highest BCUT2D eigenvalue weighted by Gasteiger charge is 2.23. The van der Waals surface area contributed by atoms with E-state index in [1.165, 1.54) is 18.9 Å². The molecule has 1 aromatic heterocycles. The van der Waals surface area contributed by atoms with Crippen LogP contribution >= 0.6 is 11.8 Å². The van der Waals surface area contributed by atoms with Crippen molar-refractivity contribution in [1.29, 1.82) is 0 Å². The van der Waals surface area contributed by atoms with Crippen LogP contribution in [0.4, 0.5) is 0 Å². The van der Waals surface area contributed by atoms with Gasteiger partial charge >= 0.3 is 5.97 Å². The minimum Gasteiger partial charge on any atom is -0.468 e. The Balaban J connectivity index is 2.75. The van der Waals surface area contributed by atoms with Gasteiger partial charge < -0.3 is 4.74 Å². The third-order valence-electron chi connectivity index (χ3n) is 2.26. The van der Waals surface area contributed by atoms with Gasteiger partial charge in [0.2, 0.25) is 5.16 Å². The van der Waals surface area contributed by atoms with Gasteiger partial charge in [-0.05, 0) is 6.42 Å². The van der Waals surface area contributed by atoms with E-state index in [0.29, 0.717) is 11.6 Å². The van der Waals surface area contributed by atoms with E-state index in [1.807, 2.05) is 6.92 Å². The quantitative estimate of drug-likeness (QED) is 0.661. The number of nitrogens with one attached hydrogen (secondary N) is 1. The zero-order valence-electron chi connectivity index (χ0n) is 10.9. The molecular formula is C11H19N3O2S. The molecule has 0 radical (unpaired) electrons. The maximum absolute atomic E-state index is 11.4. The van der Waals surface area contributed by atoms with Crippen molar-refractivity contribution in [1.82, 2.24) is 15.2 Å². The first-order chi connectivity index (χ1) is 7.88. The third-order valence-corrected chi connectivity index (χ3v) is 3.46. The molecule has 6 heteroatoms. The number of hydrogen-bond donors (Lipinski definition) is 1. The summed E-state index contributed by atoms with van der Waals surface area (Å²) in [7, 11) is 1.39. The van der Waals surface area contributed by atoms with Gasteiger partial charge in [0.25, 0.3) is 0 Å². The first kappa shape index (κ1) is 14.0. The van der Waals surface area contributed by atoms with E-state index in [0.717, 1.165) is 5.82 Å². The molecule has 0 fully saturated rings. The Hall–Kier alpha value is -1.04. The monoisotopic (exact) mass is 257 g/mol. The van der Waals surface area contributed by atoms with Gasteiger partial charge in [0.1, 0.15) is 11.1 Å². The zero-order valence-corrected chi connectivity index (χ0v) is 11.7. The van der Waals surface area contributed by atoms with Gasteiger partial charge in [-0.3, -0.25) is 9.89 Å². The second-order valence-corrected chi connectivity index (χ2v) is 5.92. The van der Waals surface area contributed by atoms with E-state index in [1.54, 1.807) is 0 Å². The summed E-state index contributed by atoms with van der Waals surface area (Å²) >= 11 is 1.33. The SMILES string of the molecule is CC[C@H](Sc1n[nH]c(C(C)(C)C)n1)C(=O)OC. The molecule has 1 atom stereocenters. The molecule has 0 unspecified atom stereocenters. The topological polar surface area (TPSA) is 67.9 Å².